The summed E-state index contributed by atoms with van der Waals surface area (Å²) in [5.41, 5.74) is 1.32. The smallest absolute Gasteiger partial charge is 0.270 e. The van der Waals surface area contributed by atoms with Crippen molar-refractivity contribution in [2.45, 2.75) is 25.3 Å². The third-order valence-electron chi connectivity index (χ3n) is 4.84. The van der Waals surface area contributed by atoms with E-state index in [4.69, 9.17) is 0 Å². The number of nitrogens with zero attached hydrogens (tertiary/aromatic N) is 3. The normalized spacial score (nSPS) is 15.9. The number of piperidine rings is 1. The number of H-pyrrole nitrogens is 1. The average Bonchev–Trinajstić information content (AvgIpc) is 2.66. The fraction of sp³-hybridized carbons (Fsp3) is 0.421. The lowest BCUT2D eigenvalue weighted by molar-refractivity contribution is 0.0637. The molecule has 1 aliphatic heterocycles. The van der Waals surface area contributed by atoms with E-state index in [-0.39, 0.29) is 17.4 Å². The van der Waals surface area contributed by atoms with Gasteiger partial charge < -0.3 is 14.8 Å². The van der Waals surface area contributed by atoms with Crippen LogP contribution in [0.4, 0.5) is 0 Å². The van der Waals surface area contributed by atoms with Gasteiger partial charge in [0.15, 0.2) is 5.43 Å². The number of aromatic amines is 1. The van der Waals surface area contributed by atoms with Gasteiger partial charge in [0.1, 0.15) is 5.69 Å². The molecule has 1 aliphatic rings. The molecule has 25 heavy (non-hydrogen) atoms. The molecule has 1 saturated heterocycles. The first kappa shape index (κ1) is 17.4. The summed E-state index contributed by atoms with van der Waals surface area (Å²) in [7, 11) is 1.82. The van der Waals surface area contributed by atoms with Crippen molar-refractivity contribution >= 4 is 5.91 Å². The molecule has 0 radical (unpaired) electrons. The van der Waals surface area contributed by atoms with Crippen LogP contribution in [0.25, 0.3) is 0 Å². The lowest BCUT2D eigenvalue weighted by Crippen LogP contribution is -2.46. The van der Waals surface area contributed by atoms with E-state index in [0.717, 1.165) is 44.6 Å². The minimum atomic E-state index is -0.153. The van der Waals surface area contributed by atoms with Gasteiger partial charge >= 0.3 is 0 Å². The summed E-state index contributed by atoms with van der Waals surface area (Å²) in [6.07, 6.45) is 6.19. The van der Waals surface area contributed by atoms with Crippen molar-refractivity contribution in [3.8, 4) is 0 Å². The third-order valence-corrected chi connectivity index (χ3v) is 4.84. The highest BCUT2D eigenvalue weighted by molar-refractivity contribution is 5.92. The molecule has 0 unspecified atom stereocenters. The number of likely N-dealkylation sites (tertiary alicyclic amines) is 1. The average molecular weight is 340 g/mol. The Morgan fingerprint density at radius 2 is 2.12 bits per heavy atom. The lowest BCUT2D eigenvalue weighted by atomic mass is 10.0. The standard InChI is InChI=1S/C19H24N4O2/c1-22(19(25)18-14-17(24)5-10-21-18)16-7-12-23(13-8-16)11-6-15-4-2-3-9-20-15/h2-5,9-10,14,16H,6-8,11-13H2,1H3,(H,21,24). The quantitative estimate of drug-likeness (QED) is 0.897. The zero-order valence-electron chi connectivity index (χ0n) is 14.5. The van der Waals surface area contributed by atoms with Crippen LogP contribution < -0.4 is 5.43 Å². The highest BCUT2D eigenvalue weighted by Gasteiger charge is 2.26. The zero-order valence-corrected chi connectivity index (χ0v) is 14.5. The van der Waals surface area contributed by atoms with E-state index in [1.807, 2.05) is 25.4 Å². The van der Waals surface area contributed by atoms with Crippen molar-refractivity contribution in [1.29, 1.82) is 0 Å². The number of carbonyl (C=O) groups excluding carboxylic acids is 1. The first-order valence-corrected chi connectivity index (χ1v) is 8.71. The molecule has 1 amide bonds. The number of amides is 1. The van der Waals surface area contributed by atoms with Crippen LogP contribution in [0.1, 0.15) is 29.0 Å². The van der Waals surface area contributed by atoms with Crippen molar-refractivity contribution < 1.29 is 4.79 Å². The molecule has 132 valence electrons. The molecule has 0 aromatic carbocycles. The van der Waals surface area contributed by atoms with Crippen LogP contribution in [-0.4, -0.2) is 58.4 Å². The fourth-order valence-electron chi connectivity index (χ4n) is 3.27. The summed E-state index contributed by atoms with van der Waals surface area (Å²) in [6.45, 7) is 2.94. The molecule has 6 nitrogen and oxygen atoms in total. The topological polar surface area (TPSA) is 69.3 Å². The largest absolute Gasteiger partial charge is 0.357 e. The van der Waals surface area contributed by atoms with E-state index in [1.54, 1.807) is 4.90 Å². The van der Waals surface area contributed by atoms with Crippen LogP contribution in [0.2, 0.25) is 0 Å². The monoisotopic (exact) mass is 340 g/mol. The molecule has 1 N–H and O–H groups in total. The number of hydrogen-bond donors (Lipinski definition) is 1. The Bertz CT molecular complexity index is 751. The van der Waals surface area contributed by atoms with Crippen molar-refractivity contribution in [3.63, 3.8) is 0 Å². The van der Waals surface area contributed by atoms with Crippen LogP contribution in [0.15, 0.2) is 47.5 Å². The van der Waals surface area contributed by atoms with Crippen molar-refractivity contribution in [1.82, 2.24) is 19.8 Å². The number of nitrogens with one attached hydrogen (secondary N) is 1. The molecular formula is C19H24N4O2. The number of aromatic nitrogens is 2. The van der Waals surface area contributed by atoms with E-state index < -0.39 is 0 Å². The van der Waals surface area contributed by atoms with Gasteiger partial charge in [-0.25, -0.2) is 0 Å². The number of hydrogen-bond acceptors (Lipinski definition) is 4. The Kier molecular flexibility index (Phi) is 5.60. The summed E-state index contributed by atoms with van der Waals surface area (Å²) < 4.78 is 0. The highest BCUT2D eigenvalue weighted by atomic mass is 16.2. The Balaban J connectivity index is 1.49. The first-order chi connectivity index (χ1) is 12.1. The van der Waals surface area contributed by atoms with E-state index in [9.17, 15) is 9.59 Å². The molecule has 3 heterocycles. The molecule has 3 rings (SSSR count). The number of pyridine rings is 2. The van der Waals surface area contributed by atoms with Crippen molar-refractivity contribution in [2.75, 3.05) is 26.7 Å². The second kappa shape index (κ2) is 8.07. The van der Waals surface area contributed by atoms with Crippen molar-refractivity contribution in [3.05, 3.63) is 64.3 Å². The Morgan fingerprint density at radius 1 is 1.32 bits per heavy atom. The maximum absolute atomic E-state index is 12.5. The van der Waals surface area contributed by atoms with Gasteiger partial charge in [-0.2, -0.15) is 0 Å². The second-order valence-electron chi connectivity index (χ2n) is 6.50. The SMILES string of the molecule is CN(C(=O)c1cc(=O)cc[nH]1)C1CCN(CCc2ccccn2)CC1. The molecule has 0 saturated carbocycles. The molecule has 1 fully saturated rings. The molecule has 2 aromatic heterocycles. The van der Waals surface area contributed by atoms with Gasteiger partial charge in [-0.3, -0.25) is 14.6 Å². The van der Waals surface area contributed by atoms with Crippen LogP contribution in [0.5, 0.6) is 0 Å². The zero-order chi connectivity index (χ0) is 17.6. The van der Waals surface area contributed by atoms with Crippen LogP contribution >= 0.6 is 0 Å². The van der Waals surface area contributed by atoms with Gasteiger partial charge in [-0.05, 0) is 25.0 Å². The van der Waals surface area contributed by atoms with Gasteiger partial charge in [0.05, 0.1) is 0 Å². The Labute approximate surface area is 147 Å². The molecule has 0 atom stereocenters. The second-order valence-corrected chi connectivity index (χ2v) is 6.50. The van der Waals surface area contributed by atoms with Gasteiger partial charge in [0.2, 0.25) is 0 Å². The summed E-state index contributed by atoms with van der Waals surface area (Å²) in [5, 5.41) is 0. The minimum Gasteiger partial charge on any atom is -0.357 e. The van der Waals surface area contributed by atoms with E-state index >= 15 is 0 Å². The Hall–Kier alpha value is -2.47. The fourth-order valence-corrected chi connectivity index (χ4v) is 3.27. The molecule has 6 heteroatoms. The lowest BCUT2D eigenvalue weighted by Gasteiger charge is -2.36. The predicted octanol–water partition coefficient (Wildman–Crippen LogP) is 1.55. The molecule has 2 aromatic rings. The predicted molar refractivity (Wildman–Crippen MR) is 96.6 cm³/mol. The van der Waals surface area contributed by atoms with Crippen molar-refractivity contribution in [2.24, 2.45) is 0 Å². The maximum atomic E-state index is 12.5. The van der Waals surface area contributed by atoms with E-state index in [2.05, 4.69) is 20.9 Å². The molecular weight excluding hydrogens is 316 g/mol. The first-order valence-electron chi connectivity index (χ1n) is 8.71. The molecule has 0 aliphatic carbocycles. The maximum Gasteiger partial charge on any atom is 0.270 e. The van der Waals surface area contributed by atoms with Gasteiger partial charge in [0.25, 0.3) is 5.91 Å². The number of carbonyl (C=O) groups is 1. The third kappa shape index (κ3) is 4.54. The molecule has 0 spiro atoms. The van der Waals surface area contributed by atoms with E-state index in [0.29, 0.717) is 5.69 Å². The summed E-state index contributed by atoms with van der Waals surface area (Å²) >= 11 is 0. The van der Waals surface area contributed by atoms with Gasteiger partial charge in [-0.1, -0.05) is 6.07 Å². The Morgan fingerprint density at radius 3 is 2.80 bits per heavy atom. The van der Waals surface area contributed by atoms with Gasteiger partial charge in [-0.15, -0.1) is 0 Å². The van der Waals surface area contributed by atoms with Gasteiger partial charge in [0, 0.05) is 69.4 Å². The molecule has 0 bridgehead atoms. The summed E-state index contributed by atoms with van der Waals surface area (Å²) in [6, 6.07) is 8.99. The summed E-state index contributed by atoms with van der Waals surface area (Å²) in [5.74, 6) is -0.121. The number of rotatable bonds is 5. The minimum absolute atomic E-state index is 0.121. The van der Waals surface area contributed by atoms with E-state index in [1.165, 1.54) is 18.3 Å². The van der Waals surface area contributed by atoms with Crippen LogP contribution in [0, 0.1) is 0 Å². The van der Waals surface area contributed by atoms with Crippen LogP contribution in [-0.2, 0) is 6.42 Å². The van der Waals surface area contributed by atoms with Crippen LogP contribution in [0.3, 0.4) is 0 Å². The summed E-state index contributed by atoms with van der Waals surface area (Å²) in [4.78, 5) is 35.4. The highest BCUT2D eigenvalue weighted by Crippen LogP contribution is 2.17.